The molecule has 1 saturated heterocycles. The first-order valence-corrected chi connectivity index (χ1v) is 7.34. The Morgan fingerprint density at radius 3 is 2.95 bits per heavy atom. The van der Waals surface area contributed by atoms with Crippen LogP contribution < -0.4 is 16.8 Å². The molecule has 0 bridgehead atoms. The minimum atomic E-state index is -0.792. The highest BCUT2D eigenvalue weighted by molar-refractivity contribution is 5.89. The number of rotatable bonds is 4. The lowest BCUT2D eigenvalue weighted by atomic mass is 10.1. The van der Waals surface area contributed by atoms with Crippen LogP contribution in [0, 0.1) is 0 Å². The van der Waals surface area contributed by atoms with E-state index < -0.39 is 5.79 Å². The largest absolute Gasteiger partial charge is 0.384 e. The molecule has 2 aliphatic rings. The summed E-state index contributed by atoms with van der Waals surface area (Å²) in [6, 6.07) is 3.65. The predicted octanol–water partition coefficient (Wildman–Crippen LogP) is 0.233. The first-order valence-electron chi connectivity index (χ1n) is 7.34. The summed E-state index contributed by atoms with van der Waals surface area (Å²) in [5, 5.41) is 3.20. The summed E-state index contributed by atoms with van der Waals surface area (Å²) in [5.41, 5.74) is 12.9. The minimum absolute atomic E-state index is 0.479. The third-order valence-electron chi connectivity index (χ3n) is 3.85. The van der Waals surface area contributed by atoms with Crippen molar-refractivity contribution in [3.05, 3.63) is 17.7 Å². The van der Waals surface area contributed by atoms with Crippen LogP contribution in [0.4, 0.5) is 11.6 Å². The van der Waals surface area contributed by atoms with Gasteiger partial charge in [-0.3, -0.25) is 15.6 Å². The molecule has 1 atom stereocenters. The number of morpholine rings is 1. The number of ether oxygens (including phenoxy) is 1. The molecule has 7 heteroatoms. The molecule has 2 aliphatic heterocycles. The first kappa shape index (κ1) is 14.2. The van der Waals surface area contributed by atoms with E-state index in [-0.39, 0.29) is 0 Å². The van der Waals surface area contributed by atoms with Crippen LogP contribution in [-0.4, -0.2) is 54.7 Å². The summed E-state index contributed by atoms with van der Waals surface area (Å²) >= 11 is 0. The van der Waals surface area contributed by atoms with Gasteiger partial charge in [-0.15, -0.1) is 0 Å². The number of hydrogen-bond acceptors (Lipinski definition) is 7. The van der Waals surface area contributed by atoms with Gasteiger partial charge in [0.2, 0.25) is 0 Å². The van der Waals surface area contributed by atoms with E-state index in [9.17, 15) is 0 Å². The monoisotopic (exact) mass is 290 g/mol. The van der Waals surface area contributed by atoms with Gasteiger partial charge in [0.1, 0.15) is 11.6 Å². The molecule has 1 fully saturated rings. The smallest absolute Gasteiger partial charge is 0.183 e. The van der Waals surface area contributed by atoms with E-state index in [0.29, 0.717) is 11.6 Å². The molecule has 0 radical (unpaired) electrons. The quantitative estimate of drug-likeness (QED) is 0.734. The molecule has 3 heterocycles. The Bertz CT molecular complexity index is 528. The zero-order chi connectivity index (χ0) is 14.7. The van der Waals surface area contributed by atoms with Gasteiger partial charge >= 0.3 is 0 Å². The lowest BCUT2D eigenvalue weighted by Gasteiger charge is -2.32. The van der Waals surface area contributed by atoms with Crippen molar-refractivity contribution in [1.82, 2.24) is 9.88 Å². The maximum atomic E-state index is 6.31. The Balaban J connectivity index is 1.56. The van der Waals surface area contributed by atoms with Crippen molar-refractivity contribution >= 4 is 17.9 Å². The topological polar surface area (TPSA) is 102 Å². The Kier molecular flexibility index (Phi) is 4.05. The number of hydrogen-bond donors (Lipinski definition) is 3. The first-order chi connectivity index (χ1) is 10.1. The molecule has 1 unspecified atom stereocenters. The third kappa shape index (κ3) is 3.49. The van der Waals surface area contributed by atoms with E-state index >= 15 is 0 Å². The maximum Gasteiger partial charge on any atom is 0.183 e. The molecule has 1 aromatic heterocycles. The lowest BCUT2D eigenvalue weighted by molar-refractivity contribution is 0.0366. The van der Waals surface area contributed by atoms with Crippen LogP contribution in [0.2, 0.25) is 0 Å². The zero-order valence-electron chi connectivity index (χ0n) is 12.1. The fourth-order valence-electron chi connectivity index (χ4n) is 2.64. The highest BCUT2D eigenvalue weighted by Gasteiger charge is 2.27. The second kappa shape index (κ2) is 5.97. The van der Waals surface area contributed by atoms with Crippen LogP contribution in [0.1, 0.15) is 18.4 Å². The second-order valence-corrected chi connectivity index (χ2v) is 5.54. The number of nitrogens with zero attached hydrogens (tertiary/aromatic N) is 3. The van der Waals surface area contributed by atoms with Crippen molar-refractivity contribution in [2.75, 3.05) is 43.9 Å². The number of anilines is 2. The van der Waals surface area contributed by atoms with Crippen LogP contribution in [0.5, 0.6) is 0 Å². The minimum Gasteiger partial charge on any atom is -0.384 e. The van der Waals surface area contributed by atoms with Crippen LogP contribution >= 0.6 is 0 Å². The molecule has 0 saturated carbocycles. The van der Waals surface area contributed by atoms with Gasteiger partial charge in [-0.2, -0.15) is 0 Å². The SMILES string of the molecule is Nc1ccc2c(n1)NC(N)(CCCN1CCOCC1)N=C2. The number of aliphatic imine (C=N–C) groups is 1. The van der Waals surface area contributed by atoms with Crippen LogP contribution in [-0.2, 0) is 4.74 Å². The van der Waals surface area contributed by atoms with Gasteiger partial charge in [0, 0.05) is 31.3 Å². The molecular formula is C14H22N6O. The molecule has 0 amide bonds. The van der Waals surface area contributed by atoms with E-state index in [2.05, 4.69) is 20.2 Å². The molecule has 5 N–H and O–H groups in total. The standard InChI is InChI=1S/C14H22N6O/c15-12-3-2-11-10-17-14(16,19-13(11)18-12)4-1-5-20-6-8-21-9-7-20/h2-3,10H,1,4-9,16H2,(H3,15,18,19). The van der Waals surface area contributed by atoms with Crippen molar-refractivity contribution in [2.45, 2.75) is 18.6 Å². The molecule has 3 rings (SSSR count). The van der Waals surface area contributed by atoms with Gasteiger partial charge in [0.25, 0.3) is 0 Å². The number of pyridine rings is 1. The summed E-state index contributed by atoms with van der Waals surface area (Å²) < 4.78 is 5.34. The molecule has 0 spiro atoms. The second-order valence-electron chi connectivity index (χ2n) is 5.54. The molecular weight excluding hydrogens is 268 g/mol. The van der Waals surface area contributed by atoms with Gasteiger partial charge < -0.3 is 15.8 Å². The highest BCUT2D eigenvalue weighted by atomic mass is 16.5. The lowest BCUT2D eigenvalue weighted by Crippen LogP contribution is -2.48. The Labute approximate surface area is 124 Å². The molecule has 21 heavy (non-hydrogen) atoms. The van der Waals surface area contributed by atoms with Crippen LogP contribution in [0.3, 0.4) is 0 Å². The normalized spacial score (nSPS) is 25.4. The average molecular weight is 290 g/mol. The van der Waals surface area contributed by atoms with E-state index in [1.807, 2.05) is 6.07 Å². The number of aromatic nitrogens is 1. The number of fused-ring (bicyclic) bond motifs is 1. The van der Waals surface area contributed by atoms with Crippen molar-refractivity contribution in [3.8, 4) is 0 Å². The summed E-state index contributed by atoms with van der Waals surface area (Å²) in [6.07, 6.45) is 3.49. The summed E-state index contributed by atoms with van der Waals surface area (Å²) in [6.45, 7) is 4.64. The third-order valence-corrected chi connectivity index (χ3v) is 3.85. The van der Waals surface area contributed by atoms with Crippen molar-refractivity contribution in [1.29, 1.82) is 0 Å². The van der Waals surface area contributed by atoms with Gasteiger partial charge in [-0.1, -0.05) is 0 Å². The fourth-order valence-corrected chi connectivity index (χ4v) is 2.64. The van der Waals surface area contributed by atoms with Crippen LogP contribution in [0.15, 0.2) is 17.1 Å². The average Bonchev–Trinajstić information content (AvgIpc) is 2.48. The summed E-state index contributed by atoms with van der Waals surface area (Å²) in [7, 11) is 0. The maximum absolute atomic E-state index is 6.31. The molecule has 7 nitrogen and oxygen atoms in total. The van der Waals surface area contributed by atoms with Crippen molar-refractivity contribution in [2.24, 2.45) is 10.7 Å². The van der Waals surface area contributed by atoms with E-state index in [4.69, 9.17) is 16.2 Å². The van der Waals surface area contributed by atoms with Crippen LogP contribution in [0.25, 0.3) is 0 Å². The van der Waals surface area contributed by atoms with Gasteiger partial charge in [-0.05, 0) is 25.1 Å². The number of nitrogens with one attached hydrogen (secondary N) is 1. The van der Waals surface area contributed by atoms with Gasteiger partial charge in [0.15, 0.2) is 5.79 Å². The number of nitrogen functional groups attached to an aromatic ring is 1. The molecule has 114 valence electrons. The van der Waals surface area contributed by atoms with Crippen molar-refractivity contribution < 1.29 is 4.74 Å². The van der Waals surface area contributed by atoms with E-state index in [1.54, 1.807) is 12.3 Å². The number of nitrogens with two attached hydrogens (primary N) is 2. The molecule has 0 aliphatic carbocycles. The fraction of sp³-hybridized carbons (Fsp3) is 0.571. The molecule has 0 aromatic carbocycles. The Morgan fingerprint density at radius 1 is 1.33 bits per heavy atom. The predicted molar refractivity (Wildman–Crippen MR) is 83.3 cm³/mol. The van der Waals surface area contributed by atoms with Gasteiger partial charge in [0.05, 0.1) is 13.2 Å². The van der Waals surface area contributed by atoms with E-state index in [1.165, 1.54) is 0 Å². The van der Waals surface area contributed by atoms with E-state index in [0.717, 1.165) is 51.3 Å². The summed E-state index contributed by atoms with van der Waals surface area (Å²) in [5.74, 6) is 0.395. The zero-order valence-corrected chi connectivity index (χ0v) is 12.1. The van der Waals surface area contributed by atoms with Gasteiger partial charge in [-0.25, -0.2) is 4.98 Å². The molecule has 1 aromatic rings. The Morgan fingerprint density at radius 2 is 2.14 bits per heavy atom. The van der Waals surface area contributed by atoms with Crippen molar-refractivity contribution in [3.63, 3.8) is 0 Å². The Hall–Kier alpha value is -1.70. The summed E-state index contributed by atoms with van der Waals surface area (Å²) in [4.78, 5) is 11.1. The highest BCUT2D eigenvalue weighted by Crippen LogP contribution is 2.24.